The zero-order valence-corrected chi connectivity index (χ0v) is 12.2. The molecule has 2 heterocycles. The van der Waals surface area contributed by atoms with Crippen LogP contribution in [0.1, 0.15) is 30.0 Å². The van der Waals surface area contributed by atoms with Gasteiger partial charge in [-0.05, 0) is 12.5 Å². The van der Waals surface area contributed by atoms with Crippen LogP contribution in [0, 0.1) is 5.92 Å². The zero-order valence-electron chi connectivity index (χ0n) is 12.2. The van der Waals surface area contributed by atoms with Gasteiger partial charge in [-0.2, -0.15) is 13.2 Å². The third-order valence-corrected chi connectivity index (χ3v) is 4.09. The van der Waals surface area contributed by atoms with Gasteiger partial charge in [0.05, 0.1) is 19.1 Å². The summed E-state index contributed by atoms with van der Waals surface area (Å²) in [7, 11) is 0. The van der Waals surface area contributed by atoms with Crippen LogP contribution in [0.5, 0.6) is 11.5 Å². The lowest BCUT2D eigenvalue weighted by Crippen LogP contribution is -2.18. The van der Waals surface area contributed by atoms with E-state index < -0.39 is 23.6 Å². The highest BCUT2D eigenvalue weighted by molar-refractivity contribution is 5.71. The van der Waals surface area contributed by atoms with Crippen LogP contribution in [0.2, 0.25) is 0 Å². The van der Waals surface area contributed by atoms with Gasteiger partial charge >= 0.3 is 12.1 Å². The molecule has 1 saturated heterocycles. The molecule has 0 saturated carbocycles. The summed E-state index contributed by atoms with van der Waals surface area (Å²) in [5.74, 6) is -1.71. The van der Waals surface area contributed by atoms with E-state index >= 15 is 0 Å². The second-order valence-electron chi connectivity index (χ2n) is 5.64. The Morgan fingerprint density at radius 3 is 2.52 bits per heavy atom. The first-order valence-corrected chi connectivity index (χ1v) is 7.34. The van der Waals surface area contributed by atoms with Crippen molar-refractivity contribution in [1.82, 2.24) is 5.32 Å². The molecule has 1 aromatic carbocycles. The number of aliphatic carboxylic acids is 1. The van der Waals surface area contributed by atoms with Crippen molar-refractivity contribution in [3.8, 4) is 11.5 Å². The van der Waals surface area contributed by atoms with Gasteiger partial charge in [-0.3, -0.25) is 4.79 Å². The number of hydrogen-bond donors (Lipinski definition) is 2. The Morgan fingerprint density at radius 1 is 1.22 bits per heavy atom. The highest BCUT2D eigenvalue weighted by Crippen LogP contribution is 2.47. The molecule has 2 unspecified atom stereocenters. The average molecular weight is 331 g/mol. The molecule has 0 bridgehead atoms. The smallest absolute Gasteiger partial charge is 0.420 e. The minimum atomic E-state index is -4.54. The first-order valence-electron chi connectivity index (χ1n) is 7.34. The van der Waals surface area contributed by atoms with Crippen molar-refractivity contribution in [3.63, 3.8) is 0 Å². The van der Waals surface area contributed by atoms with E-state index in [1.807, 2.05) is 0 Å². The molecule has 126 valence electrons. The van der Waals surface area contributed by atoms with E-state index in [4.69, 9.17) is 14.6 Å². The van der Waals surface area contributed by atoms with Crippen LogP contribution >= 0.6 is 0 Å². The number of alkyl halides is 3. The lowest BCUT2D eigenvalue weighted by molar-refractivity contribution is -0.141. The maximum absolute atomic E-state index is 13.2. The van der Waals surface area contributed by atoms with Crippen molar-refractivity contribution < 1.29 is 32.5 Å². The quantitative estimate of drug-likeness (QED) is 0.872. The van der Waals surface area contributed by atoms with Crippen LogP contribution in [0.25, 0.3) is 0 Å². The Labute approximate surface area is 130 Å². The minimum Gasteiger partial charge on any atom is -0.489 e. The summed E-state index contributed by atoms with van der Waals surface area (Å²) in [4.78, 5) is 11.1. The van der Waals surface area contributed by atoms with Gasteiger partial charge in [0.15, 0.2) is 11.5 Å². The molecule has 1 aromatic rings. The summed E-state index contributed by atoms with van der Waals surface area (Å²) in [6.45, 7) is 0.683. The molecular formula is C15H16F3NO4. The second kappa shape index (κ2) is 5.92. The lowest BCUT2D eigenvalue weighted by Gasteiger charge is -2.20. The van der Waals surface area contributed by atoms with E-state index in [-0.39, 0.29) is 37.3 Å². The maximum atomic E-state index is 13.2. The van der Waals surface area contributed by atoms with Crippen LogP contribution in [0.15, 0.2) is 12.1 Å². The third kappa shape index (κ3) is 3.08. The molecular weight excluding hydrogens is 315 g/mol. The molecule has 1 fully saturated rings. The summed E-state index contributed by atoms with van der Waals surface area (Å²) >= 11 is 0. The van der Waals surface area contributed by atoms with Crippen LogP contribution in [0.3, 0.4) is 0 Å². The molecule has 0 aromatic heterocycles. The summed E-state index contributed by atoms with van der Waals surface area (Å²) in [5, 5.41) is 12.1. The highest BCUT2D eigenvalue weighted by Gasteiger charge is 2.39. The second-order valence-corrected chi connectivity index (χ2v) is 5.64. The van der Waals surface area contributed by atoms with Crippen LogP contribution < -0.4 is 14.8 Å². The average Bonchev–Trinajstić information content (AvgIpc) is 2.84. The predicted molar refractivity (Wildman–Crippen MR) is 73.5 cm³/mol. The first-order chi connectivity index (χ1) is 10.9. The fourth-order valence-corrected chi connectivity index (χ4v) is 2.94. The van der Waals surface area contributed by atoms with Gasteiger partial charge in [0, 0.05) is 24.6 Å². The van der Waals surface area contributed by atoms with E-state index in [9.17, 15) is 18.0 Å². The highest BCUT2D eigenvalue weighted by atomic mass is 19.4. The molecule has 0 aliphatic carbocycles. The van der Waals surface area contributed by atoms with Gasteiger partial charge in [-0.15, -0.1) is 0 Å². The van der Waals surface area contributed by atoms with Gasteiger partial charge < -0.3 is 19.9 Å². The molecule has 2 aliphatic rings. The van der Waals surface area contributed by atoms with Gasteiger partial charge in [0.1, 0.15) is 5.56 Å². The molecule has 0 spiro atoms. The van der Waals surface area contributed by atoms with Gasteiger partial charge in [-0.25, -0.2) is 0 Å². The Balaban J connectivity index is 2.00. The number of nitrogens with one attached hydrogen (secondary N) is 1. The van der Waals surface area contributed by atoms with E-state index in [1.54, 1.807) is 0 Å². The van der Waals surface area contributed by atoms with Gasteiger partial charge in [0.2, 0.25) is 0 Å². The van der Waals surface area contributed by atoms with Crippen LogP contribution in [-0.2, 0) is 11.0 Å². The van der Waals surface area contributed by atoms with Crippen molar-refractivity contribution in [2.24, 2.45) is 5.92 Å². The molecule has 0 radical (unpaired) electrons. The topological polar surface area (TPSA) is 67.8 Å². The normalized spacial score (nSPS) is 24.3. The fraction of sp³-hybridized carbons (Fsp3) is 0.533. The van der Waals surface area contributed by atoms with Crippen molar-refractivity contribution in [2.75, 3.05) is 19.8 Å². The number of ether oxygens (including phenoxy) is 2. The number of benzene rings is 1. The largest absolute Gasteiger partial charge is 0.489 e. The van der Waals surface area contributed by atoms with Crippen molar-refractivity contribution in [2.45, 2.75) is 25.1 Å². The van der Waals surface area contributed by atoms with E-state index in [0.717, 1.165) is 6.07 Å². The molecule has 23 heavy (non-hydrogen) atoms. The molecule has 8 heteroatoms. The van der Waals surface area contributed by atoms with Gasteiger partial charge in [-0.1, -0.05) is 6.07 Å². The summed E-state index contributed by atoms with van der Waals surface area (Å²) in [6, 6.07) is 1.95. The number of hydrogen-bond acceptors (Lipinski definition) is 4. The summed E-state index contributed by atoms with van der Waals surface area (Å²) in [5.41, 5.74) is -0.357. The number of carbonyl (C=O) groups is 1. The van der Waals surface area contributed by atoms with Gasteiger partial charge in [0.25, 0.3) is 0 Å². The lowest BCUT2D eigenvalue weighted by atomic mass is 9.97. The first kappa shape index (κ1) is 15.9. The molecule has 3 rings (SSSR count). The van der Waals surface area contributed by atoms with E-state index in [2.05, 4.69) is 5.32 Å². The molecule has 0 amide bonds. The third-order valence-electron chi connectivity index (χ3n) is 4.09. The Kier molecular flexibility index (Phi) is 4.09. The van der Waals surface area contributed by atoms with E-state index in [1.165, 1.54) is 6.07 Å². The van der Waals surface area contributed by atoms with Crippen molar-refractivity contribution >= 4 is 5.97 Å². The predicted octanol–water partition coefficient (Wildman–Crippen LogP) is 2.60. The summed E-state index contributed by atoms with van der Waals surface area (Å²) < 4.78 is 50.3. The number of rotatable bonds is 2. The standard InChI is InChI=1S/C15H16F3NO4/c16-15(17,18)10-3-2-9(11-6-8(7-19-11)14(20)21)12-13(10)23-5-1-4-22-12/h2-3,8,11,19H,1,4-7H2,(H,20,21). The number of carboxylic acid groups (broad SMARTS) is 1. The molecule has 5 nitrogen and oxygen atoms in total. The SMILES string of the molecule is O=C(O)C1CNC(c2ccc(C(F)(F)F)c3c2OCCCO3)C1. The van der Waals surface area contributed by atoms with E-state index in [0.29, 0.717) is 18.4 Å². The number of halogens is 3. The molecule has 2 N–H and O–H groups in total. The summed E-state index contributed by atoms with van der Waals surface area (Å²) in [6.07, 6.45) is -3.75. The molecule has 2 aliphatic heterocycles. The Hall–Kier alpha value is -1.96. The minimum absolute atomic E-state index is 0.0702. The van der Waals surface area contributed by atoms with Crippen molar-refractivity contribution in [1.29, 1.82) is 0 Å². The number of carboxylic acids is 1. The monoisotopic (exact) mass is 331 g/mol. The maximum Gasteiger partial charge on any atom is 0.420 e. The van der Waals surface area contributed by atoms with Crippen LogP contribution in [0.4, 0.5) is 13.2 Å². The Morgan fingerprint density at radius 2 is 1.91 bits per heavy atom. The number of fused-ring (bicyclic) bond motifs is 1. The van der Waals surface area contributed by atoms with Crippen molar-refractivity contribution in [3.05, 3.63) is 23.3 Å². The molecule has 2 atom stereocenters. The fourth-order valence-electron chi connectivity index (χ4n) is 2.94. The van der Waals surface area contributed by atoms with Crippen LogP contribution in [-0.4, -0.2) is 30.8 Å². The zero-order chi connectivity index (χ0) is 16.6. The Bertz CT molecular complexity index is 617.